The van der Waals surface area contributed by atoms with Gasteiger partial charge in [0, 0.05) is 47.7 Å². The first kappa shape index (κ1) is 31.4. The molecule has 0 saturated heterocycles. The predicted molar refractivity (Wildman–Crippen MR) is 182 cm³/mol. The number of amides is 2. The lowest BCUT2D eigenvalue weighted by molar-refractivity contribution is 0.262. The largest absolute Gasteiger partial charge is 0.493 e. The van der Waals surface area contributed by atoms with Crippen molar-refractivity contribution in [1.29, 1.82) is 0 Å². The van der Waals surface area contributed by atoms with E-state index in [1.54, 1.807) is 17.0 Å². The van der Waals surface area contributed by atoms with Gasteiger partial charge in [0.25, 0.3) is 5.56 Å². The molecule has 0 saturated carbocycles. The number of aromatic nitrogens is 3. The molecule has 2 amide bonds. The zero-order valence-electron chi connectivity index (χ0n) is 26.6. The van der Waals surface area contributed by atoms with Crippen molar-refractivity contribution in [2.45, 2.75) is 65.8 Å². The molecule has 0 aliphatic heterocycles. The van der Waals surface area contributed by atoms with E-state index < -0.39 is 6.03 Å². The Morgan fingerprint density at radius 3 is 2.24 bits per heavy atom. The number of ether oxygens (including phenoxy) is 1. The van der Waals surface area contributed by atoms with E-state index in [1.165, 1.54) is 0 Å². The SMILES string of the molecule is CCCn1c(=O)c(NC(=O)Nc2c(C(C)C)cccc2C(C)C)c(-c2cccc(OCCc3ccccn3)c2)c2cccnc21. The van der Waals surface area contributed by atoms with Crippen molar-refractivity contribution in [3.8, 4) is 16.9 Å². The molecule has 2 N–H and O–H groups in total. The van der Waals surface area contributed by atoms with Crippen LogP contribution in [-0.2, 0) is 13.0 Å². The van der Waals surface area contributed by atoms with Crippen molar-refractivity contribution in [3.63, 3.8) is 0 Å². The van der Waals surface area contributed by atoms with Crippen LogP contribution in [0.3, 0.4) is 0 Å². The van der Waals surface area contributed by atoms with Crippen LogP contribution in [0.25, 0.3) is 22.2 Å². The molecule has 5 aromatic rings. The molecule has 0 spiro atoms. The van der Waals surface area contributed by atoms with Gasteiger partial charge >= 0.3 is 6.03 Å². The van der Waals surface area contributed by atoms with Gasteiger partial charge in [-0.25, -0.2) is 9.78 Å². The minimum absolute atomic E-state index is 0.195. The van der Waals surface area contributed by atoms with Gasteiger partial charge in [0.05, 0.1) is 6.61 Å². The van der Waals surface area contributed by atoms with E-state index >= 15 is 0 Å². The van der Waals surface area contributed by atoms with Gasteiger partial charge in [0.15, 0.2) is 0 Å². The van der Waals surface area contributed by atoms with E-state index in [0.717, 1.165) is 39.9 Å². The fourth-order valence-electron chi connectivity index (χ4n) is 5.64. The number of pyridine rings is 3. The zero-order valence-corrected chi connectivity index (χ0v) is 26.6. The number of carbonyl (C=O) groups excluding carboxylic acids is 1. The molecule has 232 valence electrons. The number of benzene rings is 2. The van der Waals surface area contributed by atoms with Gasteiger partial charge in [0.1, 0.15) is 17.1 Å². The van der Waals surface area contributed by atoms with Crippen LogP contribution < -0.4 is 20.9 Å². The van der Waals surface area contributed by atoms with Crippen molar-refractivity contribution in [1.82, 2.24) is 14.5 Å². The Morgan fingerprint density at radius 2 is 1.56 bits per heavy atom. The lowest BCUT2D eigenvalue weighted by Crippen LogP contribution is -2.30. The van der Waals surface area contributed by atoms with Crippen LogP contribution in [-0.4, -0.2) is 27.2 Å². The standard InChI is InChI=1S/C37H41N5O3/c1-6-21-42-35-31(17-11-20-39-35)32(26-12-9-14-28(23-26)45-22-18-27-13-7-8-19-38-27)34(36(42)43)41-37(44)40-33-29(24(2)3)15-10-16-30(33)25(4)5/h7-17,19-20,23-25H,6,18,21-22H2,1-5H3,(H2,40,41,44). The van der Waals surface area contributed by atoms with Crippen LogP contribution >= 0.6 is 0 Å². The van der Waals surface area contributed by atoms with Gasteiger partial charge in [0.2, 0.25) is 0 Å². The van der Waals surface area contributed by atoms with Crippen LogP contribution in [0.15, 0.2) is 90.0 Å². The molecule has 0 fully saturated rings. The zero-order chi connectivity index (χ0) is 31.9. The Balaban J connectivity index is 1.57. The molecule has 3 heterocycles. The first-order chi connectivity index (χ1) is 21.8. The summed E-state index contributed by atoms with van der Waals surface area (Å²) < 4.78 is 7.75. The van der Waals surface area contributed by atoms with Crippen LogP contribution in [0.1, 0.15) is 69.7 Å². The van der Waals surface area contributed by atoms with E-state index in [1.807, 2.05) is 79.7 Å². The maximum Gasteiger partial charge on any atom is 0.323 e. The predicted octanol–water partition coefficient (Wildman–Crippen LogP) is 8.38. The van der Waals surface area contributed by atoms with E-state index in [0.29, 0.717) is 36.5 Å². The van der Waals surface area contributed by atoms with Crippen LogP contribution in [0.4, 0.5) is 16.2 Å². The fourth-order valence-corrected chi connectivity index (χ4v) is 5.64. The number of hydrogen-bond acceptors (Lipinski definition) is 5. The number of fused-ring (bicyclic) bond motifs is 1. The summed E-state index contributed by atoms with van der Waals surface area (Å²) in [7, 11) is 0. The van der Waals surface area contributed by atoms with E-state index in [2.05, 4.69) is 48.3 Å². The highest BCUT2D eigenvalue weighted by Crippen LogP contribution is 2.36. The third-order valence-electron chi connectivity index (χ3n) is 7.79. The highest BCUT2D eigenvalue weighted by molar-refractivity contribution is 6.07. The summed E-state index contributed by atoms with van der Waals surface area (Å²) in [5.74, 6) is 1.05. The molecule has 0 aliphatic rings. The van der Waals surface area contributed by atoms with Crippen molar-refractivity contribution in [2.75, 3.05) is 17.2 Å². The third kappa shape index (κ3) is 7.06. The van der Waals surface area contributed by atoms with Gasteiger partial charge in [-0.3, -0.25) is 14.3 Å². The summed E-state index contributed by atoms with van der Waals surface area (Å²) in [5, 5.41) is 6.84. The highest BCUT2D eigenvalue weighted by atomic mass is 16.5. The Hall–Kier alpha value is -4.98. The number of nitrogens with one attached hydrogen (secondary N) is 2. The Kier molecular flexibility index (Phi) is 9.92. The Labute approximate surface area is 264 Å². The first-order valence-electron chi connectivity index (χ1n) is 15.6. The second kappa shape index (κ2) is 14.2. The molecule has 0 atom stereocenters. The van der Waals surface area contributed by atoms with Crippen LogP contribution in [0.2, 0.25) is 0 Å². The molecule has 3 aromatic heterocycles. The van der Waals surface area contributed by atoms with Gasteiger partial charge in [-0.1, -0.05) is 71.0 Å². The summed E-state index contributed by atoms with van der Waals surface area (Å²) in [6, 6.07) is 22.8. The lowest BCUT2D eigenvalue weighted by Gasteiger charge is -2.22. The van der Waals surface area contributed by atoms with Gasteiger partial charge in [-0.15, -0.1) is 0 Å². The summed E-state index contributed by atoms with van der Waals surface area (Å²) in [4.78, 5) is 36.9. The fraction of sp³-hybridized carbons (Fsp3) is 0.297. The number of anilines is 2. The molecule has 45 heavy (non-hydrogen) atoms. The molecule has 8 heteroatoms. The number of urea groups is 1. The van der Waals surface area contributed by atoms with Crippen LogP contribution in [0.5, 0.6) is 5.75 Å². The summed E-state index contributed by atoms with van der Waals surface area (Å²) >= 11 is 0. The van der Waals surface area contributed by atoms with Crippen molar-refractivity contribution in [3.05, 3.63) is 112 Å². The van der Waals surface area contributed by atoms with Gasteiger partial charge in [-0.2, -0.15) is 0 Å². The number of rotatable bonds is 11. The molecule has 2 aromatic carbocycles. The molecule has 0 radical (unpaired) electrons. The van der Waals surface area contributed by atoms with Gasteiger partial charge < -0.3 is 15.4 Å². The van der Waals surface area contributed by atoms with E-state index in [9.17, 15) is 9.59 Å². The van der Waals surface area contributed by atoms with E-state index in [-0.39, 0.29) is 23.1 Å². The maximum absolute atomic E-state index is 14.2. The molecule has 0 aliphatic carbocycles. The summed E-state index contributed by atoms with van der Waals surface area (Å²) in [5.41, 5.74) is 5.60. The topological polar surface area (TPSA) is 98.1 Å². The molecular weight excluding hydrogens is 562 g/mol. The third-order valence-corrected chi connectivity index (χ3v) is 7.79. The Bertz CT molecular complexity index is 1820. The minimum Gasteiger partial charge on any atom is -0.493 e. The molecule has 0 unspecified atom stereocenters. The molecule has 8 nitrogen and oxygen atoms in total. The summed E-state index contributed by atoms with van der Waals surface area (Å²) in [6.45, 7) is 11.3. The quantitative estimate of drug-likeness (QED) is 0.158. The number of para-hydroxylation sites is 1. The Morgan fingerprint density at radius 1 is 0.844 bits per heavy atom. The van der Waals surface area contributed by atoms with Crippen molar-refractivity contribution in [2.24, 2.45) is 0 Å². The van der Waals surface area contributed by atoms with Crippen molar-refractivity contribution >= 4 is 28.4 Å². The molecular formula is C37H41N5O3. The molecule has 0 bridgehead atoms. The van der Waals surface area contributed by atoms with E-state index in [4.69, 9.17) is 4.74 Å². The second-order valence-electron chi connectivity index (χ2n) is 11.7. The average molecular weight is 604 g/mol. The number of aryl methyl sites for hydroxylation is 1. The lowest BCUT2D eigenvalue weighted by atomic mass is 9.93. The minimum atomic E-state index is -0.475. The number of nitrogens with zero attached hydrogens (tertiary/aromatic N) is 3. The monoisotopic (exact) mass is 603 g/mol. The van der Waals surface area contributed by atoms with Crippen LogP contribution in [0, 0.1) is 0 Å². The maximum atomic E-state index is 14.2. The van der Waals surface area contributed by atoms with Crippen molar-refractivity contribution < 1.29 is 9.53 Å². The first-order valence-corrected chi connectivity index (χ1v) is 15.6. The normalized spacial score (nSPS) is 11.3. The number of hydrogen-bond donors (Lipinski definition) is 2. The number of carbonyl (C=O) groups is 1. The molecule has 5 rings (SSSR count). The second-order valence-corrected chi connectivity index (χ2v) is 11.7. The average Bonchev–Trinajstić information content (AvgIpc) is 3.03. The smallest absolute Gasteiger partial charge is 0.323 e. The highest BCUT2D eigenvalue weighted by Gasteiger charge is 2.22. The summed E-state index contributed by atoms with van der Waals surface area (Å²) in [6.07, 6.45) is 4.85. The van der Waals surface area contributed by atoms with Gasteiger partial charge in [-0.05, 0) is 71.3 Å².